The van der Waals surface area contributed by atoms with Gasteiger partial charge in [-0.1, -0.05) is 0 Å². The number of thiophene rings is 1. The zero-order valence-corrected chi connectivity index (χ0v) is 12.7. The van der Waals surface area contributed by atoms with Crippen molar-refractivity contribution in [3.8, 4) is 0 Å². The minimum atomic E-state index is -0.416. The van der Waals surface area contributed by atoms with Crippen molar-refractivity contribution in [3.63, 3.8) is 0 Å². The second-order valence-electron chi connectivity index (χ2n) is 5.87. The van der Waals surface area contributed by atoms with E-state index in [9.17, 15) is 9.90 Å². The molecule has 3 rings (SSSR count). The molecule has 20 heavy (non-hydrogen) atoms. The fourth-order valence-corrected chi connectivity index (χ4v) is 4.20. The Kier molecular flexibility index (Phi) is 4.10. The van der Waals surface area contributed by atoms with E-state index in [2.05, 4.69) is 4.90 Å². The van der Waals surface area contributed by atoms with Crippen molar-refractivity contribution in [1.29, 1.82) is 0 Å². The molecule has 1 aromatic rings. The van der Waals surface area contributed by atoms with Gasteiger partial charge < -0.3 is 10.0 Å². The molecule has 1 saturated carbocycles. The number of aliphatic hydroxyl groups excluding tert-OH is 1. The van der Waals surface area contributed by atoms with Crippen LogP contribution in [0.4, 0.5) is 0 Å². The monoisotopic (exact) mass is 294 g/mol. The molecule has 4 nitrogen and oxygen atoms in total. The maximum absolute atomic E-state index is 12.4. The number of carbonyl (C=O) groups excluding carboxylic acids is 1. The van der Waals surface area contributed by atoms with E-state index in [0.717, 1.165) is 31.5 Å². The fourth-order valence-electron chi connectivity index (χ4n) is 3.57. The summed E-state index contributed by atoms with van der Waals surface area (Å²) in [6, 6.07) is 2.04. The van der Waals surface area contributed by atoms with Gasteiger partial charge in [-0.15, -0.1) is 0 Å². The average Bonchev–Trinajstić information content (AvgIpc) is 3.18. The van der Waals surface area contributed by atoms with E-state index in [0.29, 0.717) is 0 Å². The third kappa shape index (κ3) is 2.50. The number of hydrogen-bond acceptors (Lipinski definition) is 4. The molecule has 1 saturated heterocycles. The predicted octanol–water partition coefficient (Wildman–Crippen LogP) is 1.81. The molecule has 2 aliphatic rings. The van der Waals surface area contributed by atoms with Gasteiger partial charge in [0.15, 0.2) is 0 Å². The van der Waals surface area contributed by atoms with Gasteiger partial charge in [-0.05, 0) is 50.2 Å². The number of amides is 1. The summed E-state index contributed by atoms with van der Waals surface area (Å²) in [7, 11) is 1.82. The number of nitrogens with zero attached hydrogens (tertiary/aromatic N) is 2. The van der Waals surface area contributed by atoms with Crippen LogP contribution in [0.1, 0.15) is 36.0 Å². The number of rotatable bonds is 3. The first-order chi connectivity index (χ1) is 9.68. The van der Waals surface area contributed by atoms with Crippen molar-refractivity contribution in [3.05, 3.63) is 22.4 Å². The number of aliphatic hydroxyl groups is 1. The Hall–Kier alpha value is -0.910. The maximum Gasteiger partial charge on any atom is 0.254 e. The van der Waals surface area contributed by atoms with Crippen LogP contribution in [0.3, 0.4) is 0 Å². The van der Waals surface area contributed by atoms with Crippen molar-refractivity contribution in [2.45, 2.75) is 43.9 Å². The minimum absolute atomic E-state index is 0.0253. The normalized spacial score (nSPS) is 30.8. The Morgan fingerprint density at radius 1 is 1.40 bits per heavy atom. The molecule has 0 radical (unpaired) electrons. The van der Waals surface area contributed by atoms with Crippen LogP contribution in [0.2, 0.25) is 0 Å². The third-order valence-corrected chi connectivity index (χ3v) is 5.43. The third-order valence-electron chi connectivity index (χ3n) is 4.74. The topological polar surface area (TPSA) is 43.8 Å². The highest BCUT2D eigenvalue weighted by molar-refractivity contribution is 7.08. The van der Waals surface area contributed by atoms with Crippen molar-refractivity contribution < 1.29 is 9.90 Å². The first-order valence-corrected chi connectivity index (χ1v) is 8.34. The van der Waals surface area contributed by atoms with E-state index in [1.807, 2.05) is 23.9 Å². The van der Waals surface area contributed by atoms with Crippen LogP contribution < -0.4 is 0 Å². The van der Waals surface area contributed by atoms with Crippen LogP contribution in [0.15, 0.2) is 16.8 Å². The van der Waals surface area contributed by atoms with E-state index >= 15 is 0 Å². The van der Waals surface area contributed by atoms with Crippen molar-refractivity contribution in [2.75, 3.05) is 20.1 Å². The van der Waals surface area contributed by atoms with Crippen LogP contribution in [-0.4, -0.2) is 59.1 Å². The van der Waals surface area contributed by atoms with E-state index in [1.165, 1.54) is 24.2 Å². The Bertz CT molecular complexity index is 456. The molecule has 1 aliphatic carbocycles. The molecule has 1 aromatic heterocycles. The van der Waals surface area contributed by atoms with Gasteiger partial charge in [0, 0.05) is 18.5 Å². The summed E-state index contributed by atoms with van der Waals surface area (Å²) < 4.78 is 0. The molecule has 110 valence electrons. The summed E-state index contributed by atoms with van der Waals surface area (Å²) in [5.41, 5.74) is 0.731. The van der Waals surface area contributed by atoms with Gasteiger partial charge in [0.05, 0.1) is 17.7 Å². The molecule has 1 aliphatic heterocycles. The highest BCUT2D eigenvalue weighted by Gasteiger charge is 2.42. The summed E-state index contributed by atoms with van der Waals surface area (Å²) in [4.78, 5) is 16.5. The summed E-state index contributed by atoms with van der Waals surface area (Å²) in [5, 5.41) is 14.4. The van der Waals surface area contributed by atoms with Gasteiger partial charge in [0.2, 0.25) is 0 Å². The van der Waals surface area contributed by atoms with Crippen molar-refractivity contribution in [2.24, 2.45) is 0 Å². The number of hydrogen-bond donors (Lipinski definition) is 1. The second kappa shape index (κ2) is 5.84. The van der Waals surface area contributed by atoms with E-state index in [-0.39, 0.29) is 18.0 Å². The summed E-state index contributed by atoms with van der Waals surface area (Å²) in [6.45, 7) is 2.19. The van der Waals surface area contributed by atoms with Crippen LogP contribution in [-0.2, 0) is 0 Å². The van der Waals surface area contributed by atoms with Crippen LogP contribution >= 0.6 is 11.3 Å². The summed E-state index contributed by atoms with van der Waals surface area (Å²) in [6.07, 6.45) is 3.94. The average molecular weight is 294 g/mol. The largest absolute Gasteiger partial charge is 0.389 e. The lowest BCUT2D eigenvalue weighted by Crippen LogP contribution is -2.48. The van der Waals surface area contributed by atoms with Gasteiger partial charge in [-0.25, -0.2) is 0 Å². The summed E-state index contributed by atoms with van der Waals surface area (Å²) >= 11 is 1.53. The molecule has 0 unspecified atom stereocenters. The van der Waals surface area contributed by atoms with Gasteiger partial charge >= 0.3 is 0 Å². The molecule has 2 fully saturated rings. The Labute approximate surface area is 124 Å². The Balaban J connectivity index is 1.67. The van der Waals surface area contributed by atoms with Gasteiger partial charge in [-0.3, -0.25) is 9.69 Å². The van der Waals surface area contributed by atoms with E-state index < -0.39 is 6.10 Å². The zero-order chi connectivity index (χ0) is 14.1. The lowest BCUT2D eigenvalue weighted by Gasteiger charge is -2.31. The first-order valence-electron chi connectivity index (χ1n) is 7.40. The smallest absolute Gasteiger partial charge is 0.254 e. The number of likely N-dealkylation sites (tertiary alicyclic amines) is 1. The van der Waals surface area contributed by atoms with Crippen LogP contribution in [0, 0.1) is 0 Å². The molecule has 2 heterocycles. The highest BCUT2D eigenvalue weighted by atomic mass is 32.1. The van der Waals surface area contributed by atoms with Crippen molar-refractivity contribution >= 4 is 17.2 Å². The van der Waals surface area contributed by atoms with E-state index in [4.69, 9.17) is 0 Å². The molecule has 0 aromatic carbocycles. The molecular formula is C15H22N2O2S. The molecular weight excluding hydrogens is 272 g/mol. The molecule has 0 bridgehead atoms. The quantitative estimate of drug-likeness (QED) is 0.924. The molecule has 0 spiro atoms. The Morgan fingerprint density at radius 3 is 2.80 bits per heavy atom. The molecule has 1 amide bonds. The van der Waals surface area contributed by atoms with E-state index in [1.54, 1.807) is 4.90 Å². The van der Waals surface area contributed by atoms with Gasteiger partial charge in [0.1, 0.15) is 0 Å². The SMILES string of the molecule is CN(C(=O)c1ccsc1)[C@@H]1CC[C@@H](N2CCCC2)[C@@H]1O. The number of carbonyl (C=O) groups is 1. The Morgan fingerprint density at radius 2 is 2.15 bits per heavy atom. The second-order valence-corrected chi connectivity index (χ2v) is 6.65. The molecule has 1 N–H and O–H groups in total. The number of likely N-dealkylation sites (N-methyl/N-ethyl adjacent to an activating group) is 1. The lowest BCUT2D eigenvalue weighted by molar-refractivity contribution is 0.0296. The first kappa shape index (κ1) is 14.0. The zero-order valence-electron chi connectivity index (χ0n) is 11.9. The van der Waals surface area contributed by atoms with Gasteiger partial charge in [0.25, 0.3) is 5.91 Å². The van der Waals surface area contributed by atoms with Gasteiger partial charge in [-0.2, -0.15) is 11.3 Å². The molecule has 5 heteroatoms. The minimum Gasteiger partial charge on any atom is -0.389 e. The molecule has 3 atom stereocenters. The van der Waals surface area contributed by atoms with Crippen LogP contribution in [0.25, 0.3) is 0 Å². The van der Waals surface area contributed by atoms with Crippen molar-refractivity contribution in [1.82, 2.24) is 9.80 Å². The summed E-state index contributed by atoms with van der Waals surface area (Å²) in [5.74, 6) is 0.0253. The van der Waals surface area contributed by atoms with Crippen LogP contribution in [0.5, 0.6) is 0 Å². The standard InChI is InChI=1S/C15H22N2O2S/c1-16(15(19)11-6-9-20-10-11)12-4-5-13(14(12)18)17-7-2-3-8-17/h6,9-10,12-14,18H,2-5,7-8H2,1H3/t12-,13-,14-/m1/s1. The lowest BCUT2D eigenvalue weighted by atomic mass is 10.1. The highest BCUT2D eigenvalue weighted by Crippen LogP contribution is 2.30. The fraction of sp³-hybridized carbons (Fsp3) is 0.667. The predicted molar refractivity (Wildman–Crippen MR) is 80.0 cm³/mol. The maximum atomic E-state index is 12.4.